The lowest BCUT2D eigenvalue weighted by Gasteiger charge is -2.29. The number of carbonyl (C=O) groups excluding carboxylic acids is 2. The summed E-state index contributed by atoms with van der Waals surface area (Å²) in [5.74, 6) is 0.321. The van der Waals surface area contributed by atoms with E-state index in [1.807, 2.05) is 24.3 Å². The van der Waals surface area contributed by atoms with Gasteiger partial charge in [0, 0.05) is 24.7 Å². The Balaban J connectivity index is 1.33. The van der Waals surface area contributed by atoms with Crippen molar-refractivity contribution >= 4 is 23.2 Å². The van der Waals surface area contributed by atoms with Gasteiger partial charge in [-0.05, 0) is 42.0 Å². The summed E-state index contributed by atoms with van der Waals surface area (Å²) in [5.41, 5.74) is 2.13. The van der Waals surface area contributed by atoms with Crippen LogP contribution in [0.15, 0.2) is 72.8 Å². The molecule has 0 radical (unpaired) electrons. The molecule has 3 aromatic rings. The van der Waals surface area contributed by atoms with Crippen molar-refractivity contribution in [1.29, 1.82) is 0 Å². The maximum absolute atomic E-state index is 13.3. The van der Waals surface area contributed by atoms with E-state index in [2.05, 4.69) is 5.32 Å². The van der Waals surface area contributed by atoms with Crippen molar-refractivity contribution in [3.8, 4) is 11.5 Å². The third-order valence-electron chi connectivity index (χ3n) is 4.78. The first-order chi connectivity index (χ1) is 15.1. The van der Waals surface area contributed by atoms with Crippen molar-refractivity contribution in [1.82, 2.24) is 0 Å². The third-order valence-corrected chi connectivity index (χ3v) is 4.78. The standard InChI is InChI=1S/C24H21FN2O4/c25-18-6-4-8-20(14-18)30-15-17-5-3-7-19(13-17)26-23(28)11-12-27-21-9-1-2-10-22(21)31-16-24(27)29/h1-10,13-14H,11-12,15-16H2,(H,26,28). The van der Waals surface area contributed by atoms with Crippen LogP contribution < -0.4 is 19.7 Å². The van der Waals surface area contributed by atoms with Gasteiger partial charge in [0.2, 0.25) is 5.91 Å². The Labute approximate surface area is 179 Å². The average molecular weight is 420 g/mol. The van der Waals surface area contributed by atoms with Crippen molar-refractivity contribution < 1.29 is 23.5 Å². The molecule has 0 saturated carbocycles. The Morgan fingerprint density at radius 3 is 2.77 bits per heavy atom. The molecule has 0 fully saturated rings. The third kappa shape index (κ3) is 5.19. The number of hydrogen-bond donors (Lipinski definition) is 1. The Morgan fingerprint density at radius 1 is 1.06 bits per heavy atom. The molecule has 158 valence electrons. The molecule has 0 aromatic heterocycles. The van der Waals surface area contributed by atoms with Crippen LogP contribution in [0.4, 0.5) is 15.8 Å². The van der Waals surface area contributed by atoms with Crippen LogP contribution in [0.5, 0.6) is 11.5 Å². The second kappa shape index (κ2) is 9.30. The highest BCUT2D eigenvalue weighted by Crippen LogP contribution is 2.31. The number of hydrogen-bond acceptors (Lipinski definition) is 4. The summed E-state index contributed by atoms with van der Waals surface area (Å²) in [6.07, 6.45) is 0.143. The van der Waals surface area contributed by atoms with Crippen LogP contribution in [0.25, 0.3) is 0 Å². The quantitative estimate of drug-likeness (QED) is 0.623. The highest BCUT2D eigenvalue weighted by atomic mass is 19.1. The Morgan fingerprint density at radius 2 is 1.90 bits per heavy atom. The van der Waals surface area contributed by atoms with Gasteiger partial charge in [-0.2, -0.15) is 0 Å². The van der Waals surface area contributed by atoms with Crippen molar-refractivity contribution in [3.63, 3.8) is 0 Å². The van der Waals surface area contributed by atoms with E-state index in [9.17, 15) is 14.0 Å². The highest BCUT2D eigenvalue weighted by molar-refractivity contribution is 5.99. The molecular weight excluding hydrogens is 399 g/mol. The smallest absolute Gasteiger partial charge is 0.265 e. The monoisotopic (exact) mass is 420 g/mol. The first kappa shape index (κ1) is 20.4. The number of para-hydroxylation sites is 2. The number of anilines is 2. The van der Waals surface area contributed by atoms with Gasteiger partial charge in [0.05, 0.1) is 5.69 Å². The minimum Gasteiger partial charge on any atom is -0.489 e. The molecule has 4 rings (SSSR count). The van der Waals surface area contributed by atoms with Gasteiger partial charge in [-0.3, -0.25) is 9.59 Å². The molecular formula is C24H21FN2O4. The molecule has 7 heteroatoms. The molecule has 1 N–H and O–H groups in total. The molecule has 0 atom stereocenters. The lowest BCUT2D eigenvalue weighted by molar-refractivity contribution is -0.121. The predicted molar refractivity (Wildman–Crippen MR) is 115 cm³/mol. The predicted octanol–water partition coefficient (Wildman–Crippen LogP) is 4.16. The molecule has 1 aliphatic rings. The van der Waals surface area contributed by atoms with E-state index < -0.39 is 0 Å². The van der Waals surface area contributed by atoms with Gasteiger partial charge in [0.1, 0.15) is 23.9 Å². The second-order valence-corrected chi connectivity index (χ2v) is 7.05. The SMILES string of the molecule is O=C(CCN1C(=O)COc2ccccc21)Nc1cccc(COc2cccc(F)c2)c1. The molecule has 0 bridgehead atoms. The van der Waals surface area contributed by atoms with Crippen molar-refractivity contribution in [2.24, 2.45) is 0 Å². The van der Waals surface area contributed by atoms with E-state index in [0.717, 1.165) is 5.56 Å². The van der Waals surface area contributed by atoms with E-state index in [1.165, 1.54) is 12.1 Å². The van der Waals surface area contributed by atoms with Crippen LogP contribution in [0.1, 0.15) is 12.0 Å². The summed E-state index contributed by atoms with van der Waals surface area (Å²) < 4.78 is 24.3. The first-order valence-electron chi connectivity index (χ1n) is 9.88. The zero-order valence-corrected chi connectivity index (χ0v) is 16.7. The normalized spacial score (nSPS) is 12.7. The average Bonchev–Trinajstić information content (AvgIpc) is 2.77. The van der Waals surface area contributed by atoms with Gasteiger partial charge in [0.25, 0.3) is 5.91 Å². The van der Waals surface area contributed by atoms with Crippen molar-refractivity contribution in [3.05, 3.63) is 84.2 Å². The van der Waals surface area contributed by atoms with Gasteiger partial charge in [-0.25, -0.2) is 4.39 Å². The first-order valence-corrected chi connectivity index (χ1v) is 9.88. The van der Waals surface area contributed by atoms with Gasteiger partial charge in [0.15, 0.2) is 6.61 Å². The van der Waals surface area contributed by atoms with Crippen LogP contribution in [0, 0.1) is 5.82 Å². The summed E-state index contributed by atoms with van der Waals surface area (Å²) in [4.78, 5) is 26.2. The van der Waals surface area contributed by atoms with Crippen molar-refractivity contribution in [2.45, 2.75) is 13.0 Å². The Bertz CT molecular complexity index is 1100. The van der Waals surface area contributed by atoms with E-state index in [-0.39, 0.29) is 43.8 Å². The number of halogens is 1. The zero-order valence-electron chi connectivity index (χ0n) is 16.7. The number of nitrogens with one attached hydrogen (secondary N) is 1. The van der Waals surface area contributed by atoms with Gasteiger partial charge < -0.3 is 19.7 Å². The van der Waals surface area contributed by atoms with E-state index in [4.69, 9.17) is 9.47 Å². The van der Waals surface area contributed by atoms with E-state index in [0.29, 0.717) is 22.9 Å². The minimum absolute atomic E-state index is 0.0357. The second-order valence-electron chi connectivity index (χ2n) is 7.05. The maximum Gasteiger partial charge on any atom is 0.265 e. The number of fused-ring (bicyclic) bond motifs is 1. The molecule has 0 saturated heterocycles. The van der Waals surface area contributed by atoms with Gasteiger partial charge >= 0.3 is 0 Å². The summed E-state index contributed by atoms with van der Waals surface area (Å²) in [6.45, 7) is 0.464. The Kier molecular flexibility index (Phi) is 6.12. The van der Waals surface area contributed by atoms with Gasteiger partial charge in [-0.15, -0.1) is 0 Å². The summed E-state index contributed by atoms with van der Waals surface area (Å²) in [5, 5.41) is 2.84. The highest BCUT2D eigenvalue weighted by Gasteiger charge is 2.25. The topological polar surface area (TPSA) is 67.9 Å². The van der Waals surface area contributed by atoms with Crippen molar-refractivity contribution in [2.75, 3.05) is 23.4 Å². The molecule has 6 nitrogen and oxygen atoms in total. The fourth-order valence-electron chi connectivity index (χ4n) is 3.30. The fourth-order valence-corrected chi connectivity index (χ4v) is 3.30. The molecule has 0 aliphatic carbocycles. The summed E-state index contributed by atoms with van der Waals surface area (Å²) in [6, 6.07) is 20.4. The number of amides is 2. The molecule has 31 heavy (non-hydrogen) atoms. The number of benzene rings is 3. The summed E-state index contributed by atoms with van der Waals surface area (Å²) >= 11 is 0. The van der Waals surface area contributed by atoms with Crippen LogP contribution in [-0.2, 0) is 16.2 Å². The maximum atomic E-state index is 13.3. The Hall–Kier alpha value is -3.87. The summed E-state index contributed by atoms with van der Waals surface area (Å²) in [7, 11) is 0. The van der Waals surface area contributed by atoms with Crippen LogP contribution >= 0.6 is 0 Å². The van der Waals surface area contributed by atoms with Crippen LogP contribution in [-0.4, -0.2) is 25.0 Å². The minimum atomic E-state index is -0.361. The largest absolute Gasteiger partial charge is 0.489 e. The van der Waals surface area contributed by atoms with Crippen LogP contribution in [0.2, 0.25) is 0 Å². The lowest BCUT2D eigenvalue weighted by Crippen LogP contribution is -2.40. The molecule has 0 spiro atoms. The number of carbonyl (C=O) groups is 2. The lowest BCUT2D eigenvalue weighted by atomic mass is 10.2. The number of nitrogens with zero attached hydrogens (tertiary/aromatic N) is 1. The molecule has 1 heterocycles. The molecule has 3 aromatic carbocycles. The van der Waals surface area contributed by atoms with Crippen LogP contribution in [0.3, 0.4) is 0 Å². The number of ether oxygens (including phenoxy) is 2. The molecule has 0 unspecified atom stereocenters. The van der Waals surface area contributed by atoms with E-state index >= 15 is 0 Å². The van der Waals surface area contributed by atoms with Gasteiger partial charge in [-0.1, -0.05) is 30.3 Å². The molecule has 2 amide bonds. The fraction of sp³-hybridized carbons (Fsp3) is 0.167. The number of rotatable bonds is 7. The zero-order chi connectivity index (χ0) is 21.6. The molecule has 1 aliphatic heterocycles. The van der Waals surface area contributed by atoms with E-state index in [1.54, 1.807) is 41.3 Å².